The minimum Gasteiger partial charge on any atom is -0.462 e. The van der Waals surface area contributed by atoms with Gasteiger partial charge < -0.3 is 20.1 Å². The van der Waals surface area contributed by atoms with Crippen LogP contribution in [0.4, 0.5) is 0 Å². The average molecular weight is 1270 g/mol. The molecule has 0 aliphatic carbocycles. The standard InChI is InChI=1S/C79H148NO8P/c1-3-5-7-9-11-13-15-17-19-21-23-25-27-29-31-33-34-35-36-37-38-39-40-41-42-44-45-47-49-51-53-55-57-59-61-63-65-67-69-71-78(81)85-75-77(76-87-89(83,84)86-74-73-80)88-79(82)72-70-68-66-64-62-60-58-56-54-52-50-48-46-43-32-30-28-26-24-22-20-18-16-14-12-10-8-6-4-2/h15-18,21-24,28,30,77H,3-14,19-20,25-27,29,31-76,80H2,1-2H3,(H,83,84)/b17-15-,18-16-,23-21-,24-22-,30-28-. The van der Waals surface area contributed by atoms with Gasteiger partial charge in [-0.2, -0.15) is 0 Å². The topological polar surface area (TPSA) is 134 Å². The largest absolute Gasteiger partial charge is 0.472 e. The van der Waals surface area contributed by atoms with E-state index in [9.17, 15) is 19.0 Å². The van der Waals surface area contributed by atoms with Crippen molar-refractivity contribution in [2.24, 2.45) is 5.73 Å². The Morgan fingerprint density at radius 1 is 0.337 bits per heavy atom. The van der Waals surface area contributed by atoms with Crippen LogP contribution in [-0.4, -0.2) is 49.3 Å². The highest BCUT2D eigenvalue weighted by molar-refractivity contribution is 7.47. The van der Waals surface area contributed by atoms with Gasteiger partial charge in [0.2, 0.25) is 0 Å². The maximum atomic E-state index is 12.8. The summed E-state index contributed by atoms with van der Waals surface area (Å²) in [7, 11) is -4.40. The fourth-order valence-corrected chi connectivity index (χ4v) is 12.4. The molecule has 0 amide bonds. The van der Waals surface area contributed by atoms with E-state index in [4.69, 9.17) is 24.3 Å². The molecule has 0 fully saturated rings. The Labute approximate surface area is 552 Å². The molecular formula is C79H148NO8P. The molecule has 89 heavy (non-hydrogen) atoms. The van der Waals surface area contributed by atoms with Gasteiger partial charge in [-0.25, -0.2) is 4.57 Å². The SMILES string of the molecule is CCCCCCC/C=C\C/C=C\C/C=C\CCCCCCCCCCCCCCCCC(=O)OC(COC(=O)CCCCCCCCCCCCCCCCCCCCCCCCCCCCC/C=C\C/C=C\CCCCCCC)COP(=O)(O)OCCN. The van der Waals surface area contributed by atoms with Gasteiger partial charge in [0.15, 0.2) is 6.10 Å². The fraction of sp³-hybridized carbons (Fsp3) is 0.848. The molecule has 0 saturated heterocycles. The number of allylic oxidation sites excluding steroid dienone is 10. The monoisotopic (exact) mass is 1270 g/mol. The summed E-state index contributed by atoms with van der Waals surface area (Å²) in [6.45, 7) is 3.79. The van der Waals surface area contributed by atoms with E-state index >= 15 is 0 Å². The van der Waals surface area contributed by atoms with E-state index in [0.29, 0.717) is 6.42 Å². The molecule has 0 heterocycles. The molecule has 0 rings (SSSR count). The van der Waals surface area contributed by atoms with Crippen LogP contribution in [0.15, 0.2) is 60.8 Å². The Morgan fingerprint density at radius 2 is 0.584 bits per heavy atom. The highest BCUT2D eigenvalue weighted by atomic mass is 31.2. The smallest absolute Gasteiger partial charge is 0.462 e. The molecule has 9 nitrogen and oxygen atoms in total. The van der Waals surface area contributed by atoms with Gasteiger partial charge in [0.05, 0.1) is 13.2 Å². The van der Waals surface area contributed by atoms with Gasteiger partial charge in [0, 0.05) is 19.4 Å². The van der Waals surface area contributed by atoms with Crippen LogP contribution in [0.2, 0.25) is 0 Å². The summed E-state index contributed by atoms with van der Waals surface area (Å²) in [6.07, 6.45) is 97.8. The first kappa shape index (κ1) is 86.7. The summed E-state index contributed by atoms with van der Waals surface area (Å²) in [6, 6.07) is 0. The Morgan fingerprint density at radius 3 is 0.865 bits per heavy atom. The molecule has 0 radical (unpaired) electrons. The van der Waals surface area contributed by atoms with E-state index in [0.717, 1.165) is 57.8 Å². The van der Waals surface area contributed by atoms with E-state index in [2.05, 4.69) is 74.6 Å². The van der Waals surface area contributed by atoms with Crippen molar-refractivity contribution in [2.45, 2.75) is 405 Å². The average Bonchev–Trinajstić information content (AvgIpc) is 3.68. The number of nitrogens with two attached hydrogens (primary N) is 1. The van der Waals surface area contributed by atoms with E-state index in [1.807, 2.05) is 0 Å². The molecular weight excluding hydrogens is 1120 g/mol. The molecule has 3 N–H and O–H groups in total. The minimum absolute atomic E-state index is 0.0543. The summed E-state index contributed by atoms with van der Waals surface area (Å²) in [5.74, 6) is -0.808. The summed E-state index contributed by atoms with van der Waals surface area (Å²) >= 11 is 0. The van der Waals surface area contributed by atoms with Gasteiger partial charge in [-0.05, 0) is 83.5 Å². The number of unbranched alkanes of at least 4 members (excludes halogenated alkanes) is 51. The quantitative estimate of drug-likeness (QED) is 0.0264. The molecule has 522 valence electrons. The molecule has 2 unspecified atom stereocenters. The molecule has 0 saturated carbocycles. The second-order valence-corrected chi connectivity index (χ2v) is 27.7. The van der Waals surface area contributed by atoms with Gasteiger partial charge >= 0.3 is 19.8 Å². The second kappa shape index (κ2) is 74.7. The van der Waals surface area contributed by atoms with Crippen molar-refractivity contribution in [3.63, 3.8) is 0 Å². The summed E-state index contributed by atoms with van der Waals surface area (Å²) in [4.78, 5) is 35.4. The van der Waals surface area contributed by atoms with E-state index < -0.39 is 26.5 Å². The first-order valence-corrected chi connectivity index (χ1v) is 40.3. The molecule has 0 aliphatic rings. The number of rotatable bonds is 74. The Balaban J connectivity index is 3.77. The van der Waals surface area contributed by atoms with Crippen molar-refractivity contribution >= 4 is 19.8 Å². The first-order chi connectivity index (χ1) is 43.8. The Kier molecular flexibility index (Phi) is 72.8. The third-order valence-electron chi connectivity index (χ3n) is 17.4. The van der Waals surface area contributed by atoms with Crippen LogP contribution < -0.4 is 5.73 Å². The maximum absolute atomic E-state index is 12.8. The number of phosphoric acid groups is 1. The van der Waals surface area contributed by atoms with Crippen LogP contribution in [0.25, 0.3) is 0 Å². The summed E-state index contributed by atoms with van der Waals surface area (Å²) in [5.41, 5.74) is 5.41. The Hall–Kier alpha value is -2.29. The van der Waals surface area contributed by atoms with Crippen molar-refractivity contribution in [2.75, 3.05) is 26.4 Å². The molecule has 10 heteroatoms. The van der Waals surface area contributed by atoms with Gasteiger partial charge in [-0.1, -0.05) is 364 Å². The molecule has 0 spiro atoms. The second-order valence-electron chi connectivity index (χ2n) is 26.2. The van der Waals surface area contributed by atoms with E-state index in [-0.39, 0.29) is 38.6 Å². The number of hydrogen-bond donors (Lipinski definition) is 2. The molecule has 0 aromatic heterocycles. The van der Waals surface area contributed by atoms with Crippen LogP contribution >= 0.6 is 7.82 Å². The zero-order valence-corrected chi connectivity index (χ0v) is 59.8. The fourth-order valence-electron chi connectivity index (χ4n) is 11.6. The lowest BCUT2D eigenvalue weighted by molar-refractivity contribution is -0.161. The molecule has 2 atom stereocenters. The predicted molar refractivity (Wildman–Crippen MR) is 386 cm³/mol. The zero-order valence-electron chi connectivity index (χ0n) is 58.9. The van der Waals surface area contributed by atoms with Crippen molar-refractivity contribution in [1.29, 1.82) is 0 Å². The number of esters is 2. The van der Waals surface area contributed by atoms with E-state index in [1.165, 1.54) is 308 Å². The maximum Gasteiger partial charge on any atom is 0.472 e. The molecule has 0 aromatic carbocycles. The van der Waals surface area contributed by atoms with Gasteiger partial charge in [0.25, 0.3) is 0 Å². The van der Waals surface area contributed by atoms with Gasteiger partial charge in [-0.15, -0.1) is 0 Å². The number of carbonyl (C=O) groups excluding carboxylic acids is 2. The van der Waals surface area contributed by atoms with Gasteiger partial charge in [-0.3, -0.25) is 18.6 Å². The van der Waals surface area contributed by atoms with E-state index in [1.54, 1.807) is 0 Å². The number of phosphoric ester groups is 1. The predicted octanol–water partition coefficient (Wildman–Crippen LogP) is 25.8. The summed E-state index contributed by atoms with van der Waals surface area (Å²) in [5, 5.41) is 0. The van der Waals surface area contributed by atoms with Crippen molar-refractivity contribution in [1.82, 2.24) is 0 Å². The lowest BCUT2D eigenvalue weighted by Gasteiger charge is -2.19. The van der Waals surface area contributed by atoms with Crippen LogP contribution in [-0.2, 0) is 32.7 Å². The number of ether oxygens (including phenoxy) is 2. The van der Waals surface area contributed by atoms with Crippen LogP contribution in [0.5, 0.6) is 0 Å². The number of carbonyl (C=O) groups is 2. The Bertz CT molecular complexity index is 1640. The lowest BCUT2D eigenvalue weighted by Crippen LogP contribution is -2.29. The van der Waals surface area contributed by atoms with Gasteiger partial charge in [0.1, 0.15) is 6.61 Å². The molecule has 0 bridgehead atoms. The van der Waals surface area contributed by atoms with Crippen LogP contribution in [0.1, 0.15) is 399 Å². The highest BCUT2D eigenvalue weighted by Crippen LogP contribution is 2.43. The van der Waals surface area contributed by atoms with Crippen molar-refractivity contribution in [3.8, 4) is 0 Å². The first-order valence-electron chi connectivity index (χ1n) is 38.8. The highest BCUT2D eigenvalue weighted by Gasteiger charge is 2.26. The third kappa shape index (κ3) is 74.6. The summed E-state index contributed by atoms with van der Waals surface area (Å²) < 4.78 is 33.2. The van der Waals surface area contributed by atoms with Crippen LogP contribution in [0.3, 0.4) is 0 Å². The normalized spacial score (nSPS) is 13.2. The molecule has 0 aliphatic heterocycles. The number of hydrogen-bond acceptors (Lipinski definition) is 8. The third-order valence-corrected chi connectivity index (χ3v) is 18.4. The molecule has 0 aromatic rings. The van der Waals surface area contributed by atoms with Crippen molar-refractivity contribution < 1.29 is 37.6 Å². The zero-order chi connectivity index (χ0) is 64.4. The minimum atomic E-state index is -4.40. The van der Waals surface area contributed by atoms with Crippen molar-refractivity contribution in [3.05, 3.63) is 60.8 Å². The lowest BCUT2D eigenvalue weighted by atomic mass is 10.0. The van der Waals surface area contributed by atoms with Crippen LogP contribution in [0, 0.1) is 0 Å².